The number of aromatic nitrogens is 1. The Hall–Kier alpha value is -1.71. The molecule has 0 fully saturated rings. The van der Waals surface area contributed by atoms with Crippen molar-refractivity contribution in [2.24, 2.45) is 0 Å². The Labute approximate surface area is 121 Å². The molecule has 1 aliphatic carbocycles. The van der Waals surface area contributed by atoms with Crippen LogP contribution in [0.15, 0.2) is 18.3 Å². The molecule has 0 amide bonds. The standard InChI is InChI=1S/C16H24N4/c1-3-4-9-17-11(2)15-19-14-10-12-7-5-6-8-13(12)18-16(14)20-15/h10,15,17,19H,2-9H2,1H3,(H,18,20). The molecule has 0 saturated carbocycles. The number of hydrogen-bond acceptors (Lipinski definition) is 4. The average molecular weight is 272 g/mol. The predicted molar refractivity (Wildman–Crippen MR) is 84.0 cm³/mol. The van der Waals surface area contributed by atoms with Gasteiger partial charge < -0.3 is 16.0 Å². The van der Waals surface area contributed by atoms with E-state index in [9.17, 15) is 0 Å². The third-order valence-corrected chi connectivity index (χ3v) is 4.11. The van der Waals surface area contributed by atoms with E-state index in [4.69, 9.17) is 4.98 Å². The van der Waals surface area contributed by atoms with Gasteiger partial charge in [0.15, 0.2) is 5.82 Å². The molecule has 0 bridgehead atoms. The molecule has 4 nitrogen and oxygen atoms in total. The van der Waals surface area contributed by atoms with Crippen LogP contribution in [0, 0.1) is 0 Å². The van der Waals surface area contributed by atoms with Gasteiger partial charge in [-0.05, 0) is 43.7 Å². The van der Waals surface area contributed by atoms with Crippen molar-refractivity contribution in [1.82, 2.24) is 10.3 Å². The molecule has 3 rings (SSSR count). The number of rotatable bonds is 5. The van der Waals surface area contributed by atoms with Crippen LogP contribution in [0.4, 0.5) is 11.5 Å². The van der Waals surface area contributed by atoms with Gasteiger partial charge in [0, 0.05) is 17.9 Å². The molecule has 20 heavy (non-hydrogen) atoms. The smallest absolute Gasteiger partial charge is 0.151 e. The highest BCUT2D eigenvalue weighted by Gasteiger charge is 2.25. The van der Waals surface area contributed by atoms with Crippen LogP contribution in [0.5, 0.6) is 0 Å². The molecule has 4 heteroatoms. The molecule has 1 aromatic rings. The molecule has 3 N–H and O–H groups in total. The summed E-state index contributed by atoms with van der Waals surface area (Å²) >= 11 is 0. The third-order valence-electron chi connectivity index (χ3n) is 4.11. The van der Waals surface area contributed by atoms with Gasteiger partial charge in [0.05, 0.1) is 5.69 Å². The number of hydrogen-bond donors (Lipinski definition) is 3. The monoisotopic (exact) mass is 272 g/mol. The average Bonchev–Trinajstić information content (AvgIpc) is 2.87. The predicted octanol–water partition coefficient (Wildman–Crippen LogP) is 3.03. The molecule has 1 unspecified atom stereocenters. The third kappa shape index (κ3) is 2.60. The Morgan fingerprint density at radius 3 is 3.10 bits per heavy atom. The summed E-state index contributed by atoms with van der Waals surface area (Å²) < 4.78 is 0. The fourth-order valence-corrected chi connectivity index (χ4v) is 2.88. The second kappa shape index (κ2) is 5.73. The van der Waals surface area contributed by atoms with E-state index in [2.05, 4.69) is 35.5 Å². The van der Waals surface area contributed by atoms with Crippen LogP contribution in [0.1, 0.15) is 43.9 Å². The summed E-state index contributed by atoms with van der Waals surface area (Å²) in [6.07, 6.45) is 7.25. The summed E-state index contributed by atoms with van der Waals surface area (Å²) in [6.45, 7) is 7.30. The van der Waals surface area contributed by atoms with E-state index in [1.165, 1.54) is 36.9 Å². The highest BCUT2D eigenvalue weighted by Crippen LogP contribution is 2.33. The summed E-state index contributed by atoms with van der Waals surface area (Å²) in [6, 6.07) is 2.27. The zero-order valence-electron chi connectivity index (χ0n) is 12.3. The number of unbranched alkanes of at least 4 members (excludes halogenated alkanes) is 1. The summed E-state index contributed by atoms with van der Waals surface area (Å²) in [5.41, 5.74) is 4.80. The maximum Gasteiger partial charge on any atom is 0.151 e. The van der Waals surface area contributed by atoms with Gasteiger partial charge in [0.25, 0.3) is 0 Å². The fraction of sp³-hybridized carbons (Fsp3) is 0.562. The van der Waals surface area contributed by atoms with Gasteiger partial charge in [-0.3, -0.25) is 0 Å². The molecule has 1 aliphatic heterocycles. The lowest BCUT2D eigenvalue weighted by Gasteiger charge is -2.16. The van der Waals surface area contributed by atoms with Crippen molar-refractivity contribution in [3.63, 3.8) is 0 Å². The Morgan fingerprint density at radius 2 is 2.25 bits per heavy atom. The van der Waals surface area contributed by atoms with Crippen LogP contribution in [-0.2, 0) is 12.8 Å². The lowest BCUT2D eigenvalue weighted by Crippen LogP contribution is -2.32. The number of pyridine rings is 1. The maximum absolute atomic E-state index is 4.78. The van der Waals surface area contributed by atoms with Crippen molar-refractivity contribution in [3.05, 3.63) is 29.6 Å². The molecule has 0 aromatic carbocycles. The van der Waals surface area contributed by atoms with Gasteiger partial charge in [0.2, 0.25) is 0 Å². The Bertz CT molecular complexity index is 474. The first kappa shape index (κ1) is 13.3. The summed E-state index contributed by atoms with van der Waals surface area (Å²) in [5.74, 6) is 0.981. The van der Waals surface area contributed by atoms with E-state index in [1.54, 1.807) is 0 Å². The number of nitrogens with zero attached hydrogens (tertiary/aromatic N) is 1. The molecule has 1 atom stereocenters. The van der Waals surface area contributed by atoms with Gasteiger partial charge in [-0.25, -0.2) is 4.98 Å². The minimum Gasteiger partial charge on any atom is -0.386 e. The number of nitrogens with one attached hydrogen (secondary N) is 3. The molecule has 0 radical (unpaired) electrons. The second-order valence-electron chi connectivity index (χ2n) is 5.72. The van der Waals surface area contributed by atoms with Crippen molar-refractivity contribution in [2.75, 3.05) is 17.2 Å². The van der Waals surface area contributed by atoms with Gasteiger partial charge in [-0.1, -0.05) is 19.9 Å². The minimum absolute atomic E-state index is 0.0539. The first-order valence-corrected chi connectivity index (χ1v) is 7.76. The van der Waals surface area contributed by atoms with Gasteiger partial charge in [-0.2, -0.15) is 0 Å². The second-order valence-corrected chi connectivity index (χ2v) is 5.72. The normalized spacial score (nSPS) is 19.6. The zero-order chi connectivity index (χ0) is 13.9. The highest BCUT2D eigenvalue weighted by atomic mass is 15.3. The van der Waals surface area contributed by atoms with Crippen molar-refractivity contribution < 1.29 is 0 Å². The van der Waals surface area contributed by atoms with Crippen molar-refractivity contribution in [3.8, 4) is 0 Å². The molecule has 0 spiro atoms. The summed E-state index contributed by atoms with van der Waals surface area (Å²) in [4.78, 5) is 4.78. The highest BCUT2D eigenvalue weighted by molar-refractivity contribution is 5.73. The van der Waals surface area contributed by atoms with E-state index in [-0.39, 0.29) is 6.17 Å². The van der Waals surface area contributed by atoms with Crippen LogP contribution in [0.2, 0.25) is 0 Å². The van der Waals surface area contributed by atoms with Crippen LogP contribution in [0.3, 0.4) is 0 Å². The SMILES string of the molecule is C=C(NCCCC)C1Nc2cc3c(nc2N1)CCCC3. The van der Waals surface area contributed by atoms with E-state index >= 15 is 0 Å². The molecule has 2 heterocycles. The van der Waals surface area contributed by atoms with Gasteiger partial charge >= 0.3 is 0 Å². The van der Waals surface area contributed by atoms with E-state index < -0.39 is 0 Å². The van der Waals surface area contributed by atoms with Crippen LogP contribution in [0.25, 0.3) is 0 Å². The first-order valence-electron chi connectivity index (χ1n) is 7.76. The van der Waals surface area contributed by atoms with Crippen molar-refractivity contribution >= 4 is 11.5 Å². The van der Waals surface area contributed by atoms with Crippen molar-refractivity contribution in [2.45, 2.75) is 51.6 Å². The van der Waals surface area contributed by atoms with Gasteiger partial charge in [0.1, 0.15) is 6.17 Å². The van der Waals surface area contributed by atoms with Crippen LogP contribution in [-0.4, -0.2) is 17.7 Å². The van der Waals surface area contributed by atoms with Gasteiger partial charge in [-0.15, -0.1) is 0 Å². The van der Waals surface area contributed by atoms with Crippen LogP contribution < -0.4 is 16.0 Å². The maximum atomic E-state index is 4.78. The number of fused-ring (bicyclic) bond motifs is 2. The van der Waals surface area contributed by atoms with E-state index in [0.29, 0.717) is 0 Å². The topological polar surface area (TPSA) is 49.0 Å². The molecule has 1 aromatic heterocycles. The Morgan fingerprint density at radius 1 is 1.40 bits per heavy atom. The molecule has 0 saturated heterocycles. The minimum atomic E-state index is 0.0539. The number of anilines is 2. The fourth-order valence-electron chi connectivity index (χ4n) is 2.88. The molecular formula is C16H24N4. The molecular weight excluding hydrogens is 248 g/mol. The number of aryl methyl sites for hydroxylation is 2. The quantitative estimate of drug-likeness (QED) is 0.721. The summed E-state index contributed by atoms with van der Waals surface area (Å²) in [7, 11) is 0. The van der Waals surface area contributed by atoms with Crippen LogP contribution >= 0.6 is 0 Å². The van der Waals surface area contributed by atoms with Crippen molar-refractivity contribution in [1.29, 1.82) is 0 Å². The van der Waals surface area contributed by atoms with E-state index in [1.807, 2.05) is 0 Å². The lowest BCUT2D eigenvalue weighted by atomic mass is 9.96. The zero-order valence-corrected chi connectivity index (χ0v) is 12.3. The first-order chi connectivity index (χ1) is 9.78. The molecule has 108 valence electrons. The Kier molecular flexibility index (Phi) is 3.81. The lowest BCUT2D eigenvalue weighted by molar-refractivity contribution is 0.669. The summed E-state index contributed by atoms with van der Waals surface area (Å²) in [5, 5.41) is 10.3. The largest absolute Gasteiger partial charge is 0.386 e. The Balaban J connectivity index is 1.67. The molecule has 2 aliphatic rings. The van der Waals surface area contributed by atoms with E-state index in [0.717, 1.165) is 36.6 Å².